The van der Waals surface area contributed by atoms with E-state index in [0.29, 0.717) is 41.4 Å². The molecule has 0 aliphatic carbocycles. The largest absolute Gasteiger partial charge is 0.489 e. The Morgan fingerprint density at radius 3 is 2.69 bits per heavy atom. The van der Waals surface area contributed by atoms with Crippen molar-refractivity contribution in [2.75, 3.05) is 5.32 Å². The molecule has 0 radical (unpaired) electrons. The summed E-state index contributed by atoms with van der Waals surface area (Å²) in [5, 5.41) is 16.6. The lowest BCUT2D eigenvalue weighted by molar-refractivity contribution is -0.116. The molecule has 6 rings (SSSR count). The SMILES string of the molecule is Cc1nn(-c2ncnc3nc[nH]c23)c2c1[C@H](c1ccc(OCc3ccc(C#N)cc3)cc1)CC(=O)N2. The first kappa shape index (κ1) is 21.5. The average molecular weight is 477 g/mol. The van der Waals surface area contributed by atoms with Crippen LogP contribution < -0.4 is 10.1 Å². The molecule has 10 nitrogen and oxygen atoms in total. The van der Waals surface area contributed by atoms with Crippen LogP contribution in [-0.2, 0) is 11.4 Å². The highest BCUT2D eigenvalue weighted by atomic mass is 16.5. The summed E-state index contributed by atoms with van der Waals surface area (Å²) in [6.45, 7) is 2.33. The number of nitrogens with zero attached hydrogens (tertiary/aromatic N) is 6. The fraction of sp³-hybridized carbons (Fsp3) is 0.154. The molecule has 36 heavy (non-hydrogen) atoms. The predicted molar refractivity (Wildman–Crippen MR) is 131 cm³/mol. The van der Waals surface area contributed by atoms with Gasteiger partial charge in [-0.1, -0.05) is 24.3 Å². The molecule has 1 aliphatic heterocycles. The van der Waals surface area contributed by atoms with E-state index in [1.54, 1.807) is 23.1 Å². The number of ether oxygens (including phenoxy) is 1. The van der Waals surface area contributed by atoms with E-state index in [2.05, 4.69) is 31.3 Å². The zero-order valence-electron chi connectivity index (χ0n) is 19.3. The molecule has 4 heterocycles. The minimum Gasteiger partial charge on any atom is -0.489 e. The van der Waals surface area contributed by atoms with E-state index in [1.807, 2.05) is 43.3 Å². The molecule has 0 saturated carbocycles. The molecular weight excluding hydrogens is 456 g/mol. The van der Waals surface area contributed by atoms with Crippen LogP contribution in [0.2, 0.25) is 0 Å². The number of fused-ring (bicyclic) bond motifs is 2. The van der Waals surface area contributed by atoms with Crippen molar-refractivity contribution in [1.82, 2.24) is 29.7 Å². The van der Waals surface area contributed by atoms with Gasteiger partial charge in [0.1, 0.15) is 30.0 Å². The molecule has 1 aliphatic rings. The molecule has 0 fully saturated rings. The molecule has 176 valence electrons. The Balaban J connectivity index is 1.29. The van der Waals surface area contributed by atoms with Crippen molar-refractivity contribution < 1.29 is 9.53 Å². The molecule has 10 heteroatoms. The van der Waals surface area contributed by atoms with Gasteiger partial charge in [-0.25, -0.2) is 15.0 Å². The standard InChI is InChI=1S/C26H20N8O2/c1-15-22-20(18-6-8-19(9-7-18)36-12-17-4-2-16(11-27)3-5-17)10-21(35)32-25(22)34(33-15)26-23-24(29-13-28-23)30-14-31-26/h2-9,13-14,20H,10,12H2,1H3,(H,32,35)(H,28,29,30,31)/t20-/m0/s1. The van der Waals surface area contributed by atoms with Crippen LogP contribution in [0.15, 0.2) is 61.2 Å². The molecule has 0 bridgehead atoms. The van der Waals surface area contributed by atoms with Crippen LogP contribution in [0.4, 0.5) is 5.82 Å². The normalized spacial score (nSPS) is 14.8. The van der Waals surface area contributed by atoms with Gasteiger partial charge in [0.15, 0.2) is 11.5 Å². The lowest BCUT2D eigenvalue weighted by atomic mass is 9.86. The maximum Gasteiger partial charge on any atom is 0.226 e. The first-order valence-electron chi connectivity index (χ1n) is 11.4. The van der Waals surface area contributed by atoms with E-state index in [0.717, 1.165) is 28.1 Å². The second-order valence-corrected chi connectivity index (χ2v) is 8.53. The van der Waals surface area contributed by atoms with E-state index in [1.165, 1.54) is 6.33 Å². The number of carbonyl (C=O) groups is 1. The molecule has 0 unspecified atom stereocenters. The number of rotatable bonds is 5. The fourth-order valence-corrected chi connectivity index (χ4v) is 4.54. The Labute approximate surface area is 205 Å². The third-order valence-corrected chi connectivity index (χ3v) is 6.28. The zero-order valence-corrected chi connectivity index (χ0v) is 19.3. The van der Waals surface area contributed by atoms with Gasteiger partial charge in [0.25, 0.3) is 0 Å². The fourth-order valence-electron chi connectivity index (χ4n) is 4.54. The van der Waals surface area contributed by atoms with Gasteiger partial charge >= 0.3 is 0 Å². The van der Waals surface area contributed by atoms with Crippen molar-refractivity contribution in [1.29, 1.82) is 5.26 Å². The second kappa shape index (κ2) is 8.63. The Hall–Kier alpha value is -5.04. The third-order valence-electron chi connectivity index (χ3n) is 6.28. The molecule has 2 aromatic carbocycles. The lowest BCUT2D eigenvalue weighted by Crippen LogP contribution is -2.25. The number of nitriles is 1. The third kappa shape index (κ3) is 3.73. The van der Waals surface area contributed by atoms with Crippen LogP contribution >= 0.6 is 0 Å². The van der Waals surface area contributed by atoms with E-state index >= 15 is 0 Å². The van der Waals surface area contributed by atoms with Gasteiger partial charge < -0.3 is 15.0 Å². The molecule has 1 amide bonds. The molecule has 0 saturated heterocycles. The summed E-state index contributed by atoms with van der Waals surface area (Å²) in [5.41, 5.74) is 5.51. The predicted octanol–water partition coefficient (Wildman–Crippen LogP) is 3.77. The van der Waals surface area contributed by atoms with Gasteiger partial charge in [0.2, 0.25) is 5.91 Å². The monoisotopic (exact) mass is 476 g/mol. The maximum absolute atomic E-state index is 12.7. The smallest absolute Gasteiger partial charge is 0.226 e. The van der Waals surface area contributed by atoms with Crippen LogP contribution in [0.1, 0.15) is 40.3 Å². The molecule has 5 aromatic rings. The Bertz CT molecular complexity index is 1630. The number of hydrogen-bond donors (Lipinski definition) is 2. The van der Waals surface area contributed by atoms with Crippen molar-refractivity contribution in [2.24, 2.45) is 0 Å². The van der Waals surface area contributed by atoms with Crippen molar-refractivity contribution in [3.05, 3.63) is 89.1 Å². The summed E-state index contributed by atoms with van der Waals surface area (Å²) in [6.07, 6.45) is 3.30. The number of aromatic amines is 1. The highest BCUT2D eigenvalue weighted by molar-refractivity contribution is 5.95. The molecule has 2 N–H and O–H groups in total. The van der Waals surface area contributed by atoms with Gasteiger partial charge in [-0.2, -0.15) is 15.0 Å². The number of aromatic nitrogens is 6. The van der Waals surface area contributed by atoms with Gasteiger partial charge in [0, 0.05) is 17.9 Å². The van der Waals surface area contributed by atoms with Gasteiger partial charge in [-0.3, -0.25) is 4.79 Å². The molecule has 0 spiro atoms. The first-order valence-corrected chi connectivity index (χ1v) is 11.4. The number of benzene rings is 2. The molecular formula is C26H20N8O2. The second-order valence-electron chi connectivity index (χ2n) is 8.53. The summed E-state index contributed by atoms with van der Waals surface area (Å²) in [5.74, 6) is 1.59. The summed E-state index contributed by atoms with van der Waals surface area (Å²) in [4.78, 5) is 28.5. The topological polar surface area (TPSA) is 134 Å². The van der Waals surface area contributed by atoms with Crippen LogP contribution in [0, 0.1) is 18.3 Å². The quantitative estimate of drug-likeness (QED) is 0.394. The van der Waals surface area contributed by atoms with Crippen molar-refractivity contribution in [3.63, 3.8) is 0 Å². The van der Waals surface area contributed by atoms with Gasteiger partial charge in [0.05, 0.1) is 23.7 Å². The summed E-state index contributed by atoms with van der Waals surface area (Å²) in [7, 11) is 0. The van der Waals surface area contributed by atoms with Crippen LogP contribution in [0.3, 0.4) is 0 Å². The number of H-pyrrole nitrogens is 1. The van der Waals surface area contributed by atoms with E-state index in [9.17, 15) is 4.79 Å². The molecule has 1 atom stereocenters. The Kier molecular flexibility index (Phi) is 5.15. The van der Waals surface area contributed by atoms with Gasteiger partial charge in [-0.05, 0) is 42.3 Å². The van der Waals surface area contributed by atoms with Crippen molar-refractivity contribution >= 4 is 22.9 Å². The minimum absolute atomic E-state index is 0.0929. The Morgan fingerprint density at radius 2 is 1.92 bits per heavy atom. The van der Waals surface area contributed by atoms with Crippen molar-refractivity contribution in [2.45, 2.75) is 25.9 Å². The summed E-state index contributed by atoms with van der Waals surface area (Å²) in [6, 6.07) is 17.2. The van der Waals surface area contributed by atoms with E-state index < -0.39 is 0 Å². The number of imidazole rings is 1. The lowest BCUT2D eigenvalue weighted by Gasteiger charge is -2.24. The summed E-state index contributed by atoms with van der Waals surface area (Å²) >= 11 is 0. The van der Waals surface area contributed by atoms with Crippen molar-refractivity contribution in [3.8, 4) is 17.6 Å². The summed E-state index contributed by atoms with van der Waals surface area (Å²) < 4.78 is 7.56. The van der Waals surface area contributed by atoms with Crippen LogP contribution in [-0.4, -0.2) is 35.6 Å². The number of anilines is 1. The highest BCUT2D eigenvalue weighted by Gasteiger charge is 2.33. The zero-order chi connectivity index (χ0) is 24.6. The number of aryl methyl sites for hydroxylation is 1. The maximum atomic E-state index is 12.7. The highest BCUT2D eigenvalue weighted by Crippen LogP contribution is 2.40. The number of nitrogens with one attached hydrogen (secondary N) is 2. The minimum atomic E-state index is -0.158. The number of hydrogen-bond acceptors (Lipinski definition) is 7. The van der Waals surface area contributed by atoms with E-state index in [4.69, 9.17) is 15.1 Å². The first-order chi connectivity index (χ1) is 17.6. The number of amides is 1. The number of carbonyl (C=O) groups excluding carboxylic acids is 1. The average Bonchev–Trinajstić information content (AvgIpc) is 3.52. The van der Waals surface area contributed by atoms with Crippen LogP contribution in [0.25, 0.3) is 17.0 Å². The van der Waals surface area contributed by atoms with E-state index in [-0.39, 0.29) is 11.8 Å². The molecule has 3 aromatic heterocycles. The van der Waals surface area contributed by atoms with Gasteiger partial charge in [-0.15, -0.1) is 0 Å². The van der Waals surface area contributed by atoms with Crippen LogP contribution in [0.5, 0.6) is 5.75 Å². The Morgan fingerprint density at radius 1 is 1.11 bits per heavy atom.